The van der Waals surface area contributed by atoms with E-state index in [0.29, 0.717) is 0 Å². The maximum Gasteiger partial charge on any atom is -0.0248 e. The predicted molar refractivity (Wildman–Crippen MR) is 110 cm³/mol. The first-order chi connectivity index (χ1) is 11.7. The van der Waals surface area contributed by atoms with Crippen LogP contribution < -0.4 is 0 Å². The third-order valence-corrected chi connectivity index (χ3v) is 5.77. The first kappa shape index (κ1) is 21.3. The van der Waals surface area contributed by atoms with Gasteiger partial charge in [0.1, 0.15) is 0 Å². The first-order valence-corrected chi connectivity index (χ1v) is 10.8. The van der Waals surface area contributed by atoms with Crippen LogP contribution in [0.3, 0.4) is 0 Å². The molecular formula is C24H42. The second kappa shape index (κ2) is 12.6. The van der Waals surface area contributed by atoms with Crippen molar-refractivity contribution in [2.24, 2.45) is 11.8 Å². The van der Waals surface area contributed by atoms with Gasteiger partial charge >= 0.3 is 0 Å². The average Bonchev–Trinajstić information content (AvgIpc) is 2.62. The molecule has 0 amide bonds. The van der Waals surface area contributed by atoms with Crippen LogP contribution in [0.25, 0.3) is 0 Å². The van der Waals surface area contributed by atoms with Crippen molar-refractivity contribution < 1.29 is 0 Å². The second-order valence-corrected chi connectivity index (χ2v) is 7.70. The topological polar surface area (TPSA) is 0 Å². The smallest absolute Gasteiger partial charge is 0.0248 e. The molecule has 138 valence electrons. The molecule has 0 saturated carbocycles. The minimum absolute atomic E-state index is 0.868. The molecule has 2 unspecified atom stereocenters. The van der Waals surface area contributed by atoms with Gasteiger partial charge in [0, 0.05) is 0 Å². The van der Waals surface area contributed by atoms with E-state index in [9.17, 15) is 0 Å². The van der Waals surface area contributed by atoms with E-state index in [0.717, 1.165) is 11.8 Å². The summed E-state index contributed by atoms with van der Waals surface area (Å²) in [4.78, 5) is 0. The SMILES string of the molecule is CCCCC(CC)Cc1ccc(CC)c(CC(CC)CCCC)c1. The summed E-state index contributed by atoms with van der Waals surface area (Å²) in [5.74, 6) is 1.74. The van der Waals surface area contributed by atoms with Gasteiger partial charge in [-0.1, -0.05) is 104 Å². The summed E-state index contributed by atoms with van der Waals surface area (Å²) in [6, 6.07) is 7.38. The maximum atomic E-state index is 2.56. The largest absolute Gasteiger partial charge is 0.0654 e. The highest BCUT2D eigenvalue weighted by Crippen LogP contribution is 2.25. The van der Waals surface area contributed by atoms with Gasteiger partial charge in [-0.3, -0.25) is 0 Å². The lowest BCUT2D eigenvalue weighted by Gasteiger charge is -2.19. The molecule has 0 heteroatoms. The van der Waals surface area contributed by atoms with Gasteiger partial charge in [-0.15, -0.1) is 0 Å². The van der Waals surface area contributed by atoms with Gasteiger partial charge in [0.25, 0.3) is 0 Å². The van der Waals surface area contributed by atoms with Gasteiger partial charge in [0.2, 0.25) is 0 Å². The molecule has 0 nitrogen and oxygen atoms in total. The van der Waals surface area contributed by atoms with Crippen LogP contribution in [-0.4, -0.2) is 0 Å². The van der Waals surface area contributed by atoms with Gasteiger partial charge < -0.3 is 0 Å². The normalized spacial score (nSPS) is 13.9. The van der Waals surface area contributed by atoms with Crippen LogP contribution in [0.5, 0.6) is 0 Å². The molecule has 0 heterocycles. The Morgan fingerprint density at radius 1 is 0.708 bits per heavy atom. The van der Waals surface area contributed by atoms with Crippen LogP contribution >= 0.6 is 0 Å². The lowest BCUT2D eigenvalue weighted by atomic mass is 9.86. The highest BCUT2D eigenvalue weighted by atomic mass is 14.2. The van der Waals surface area contributed by atoms with Crippen molar-refractivity contribution >= 4 is 0 Å². The summed E-state index contributed by atoms with van der Waals surface area (Å²) in [6.07, 6.45) is 14.6. The quantitative estimate of drug-likeness (QED) is 0.346. The van der Waals surface area contributed by atoms with Crippen molar-refractivity contribution in [2.75, 3.05) is 0 Å². The van der Waals surface area contributed by atoms with Crippen molar-refractivity contribution in [1.82, 2.24) is 0 Å². The molecule has 2 atom stereocenters. The fourth-order valence-electron chi connectivity index (χ4n) is 3.87. The summed E-state index contributed by atoms with van der Waals surface area (Å²) in [5.41, 5.74) is 4.80. The Morgan fingerprint density at radius 3 is 1.79 bits per heavy atom. The van der Waals surface area contributed by atoms with Crippen LogP contribution in [-0.2, 0) is 19.3 Å². The Labute approximate surface area is 152 Å². The van der Waals surface area contributed by atoms with Gasteiger partial charge in [-0.2, -0.15) is 0 Å². The van der Waals surface area contributed by atoms with E-state index in [1.165, 1.54) is 70.6 Å². The molecule has 0 spiro atoms. The molecule has 24 heavy (non-hydrogen) atoms. The van der Waals surface area contributed by atoms with Gasteiger partial charge in [0.05, 0.1) is 0 Å². The molecule has 0 radical (unpaired) electrons. The fourth-order valence-corrected chi connectivity index (χ4v) is 3.87. The third kappa shape index (κ3) is 7.41. The Balaban J connectivity index is 2.82. The van der Waals surface area contributed by atoms with Crippen molar-refractivity contribution in [1.29, 1.82) is 0 Å². The van der Waals surface area contributed by atoms with Crippen LogP contribution in [0.1, 0.15) is 103 Å². The zero-order valence-electron chi connectivity index (χ0n) is 17.2. The Bertz CT molecular complexity index is 432. The van der Waals surface area contributed by atoms with Gasteiger partial charge in [-0.25, -0.2) is 0 Å². The zero-order valence-corrected chi connectivity index (χ0v) is 17.2. The van der Waals surface area contributed by atoms with Crippen LogP contribution in [0, 0.1) is 11.8 Å². The van der Waals surface area contributed by atoms with E-state index >= 15 is 0 Å². The molecule has 0 fully saturated rings. The molecule has 0 N–H and O–H groups in total. The fraction of sp³-hybridized carbons (Fsp3) is 0.750. The molecule has 1 rings (SSSR count). The van der Waals surface area contributed by atoms with Gasteiger partial charge in [0.15, 0.2) is 0 Å². The Kier molecular flexibility index (Phi) is 11.1. The third-order valence-electron chi connectivity index (χ3n) is 5.77. The van der Waals surface area contributed by atoms with E-state index < -0.39 is 0 Å². The molecule has 0 aliphatic rings. The molecule has 0 saturated heterocycles. The van der Waals surface area contributed by atoms with E-state index in [-0.39, 0.29) is 0 Å². The highest BCUT2D eigenvalue weighted by molar-refractivity contribution is 5.33. The number of hydrogen-bond acceptors (Lipinski definition) is 0. The lowest BCUT2D eigenvalue weighted by molar-refractivity contribution is 0.443. The number of aryl methyl sites for hydroxylation is 1. The van der Waals surface area contributed by atoms with E-state index in [2.05, 4.69) is 52.8 Å². The zero-order chi connectivity index (χ0) is 17.8. The summed E-state index contributed by atoms with van der Waals surface area (Å²) in [5, 5.41) is 0. The number of rotatable bonds is 13. The molecule has 1 aromatic rings. The van der Waals surface area contributed by atoms with Crippen molar-refractivity contribution in [3.8, 4) is 0 Å². The molecule has 1 aromatic carbocycles. The van der Waals surface area contributed by atoms with Crippen molar-refractivity contribution in [3.63, 3.8) is 0 Å². The molecular weight excluding hydrogens is 288 g/mol. The Hall–Kier alpha value is -0.780. The maximum absolute atomic E-state index is 2.56. The first-order valence-electron chi connectivity index (χ1n) is 10.8. The van der Waals surface area contributed by atoms with E-state index in [1.54, 1.807) is 16.7 Å². The molecule has 0 aromatic heterocycles. The summed E-state index contributed by atoms with van der Waals surface area (Å²) in [7, 11) is 0. The van der Waals surface area contributed by atoms with E-state index in [1.807, 2.05) is 0 Å². The molecule has 0 aliphatic carbocycles. The van der Waals surface area contributed by atoms with Crippen LogP contribution in [0.2, 0.25) is 0 Å². The highest BCUT2D eigenvalue weighted by Gasteiger charge is 2.13. The van der Waals surface area contributed by atoms with Crippen LogP contribution in [0.4, 0.5) is 0 Å². The summed E-state index contributed by atoms with van der Waals surface area (Å²) < 4.78 is 0. The van der Waals surface area contributed by atoms with E-state index in [4.69, 9.17) is 0 Å². The predicted octanol–water partition coefficient (Wildman–Crippen LogP) is 7.77. The minimum atomic E-state index is 0.868. The summed E-state index contributed by atoms with van der Waals surface area (Å²) >= 11 is 0. The second-order valence-electron chi connectivity index (χ2n) is 7.70. The standard InChI is InChI=1S/C24H42/c1-6-11-13-20(8-3)17-22-15-16-23(10-5)24(19-22)18-21(9-4)14-12-7-2/h15-16,19-21H,6-14,17-18H2,1-5H3. The lowest BCUT2D eigenvalue weighted by Crippen LogP contribution is -2.08. The molecule has 0 bridgehead atoms. The minimum Gasteiger partial charge on any atom is -0.0654 e. The Morgan fingerprint density at radius 2 is 1.29 bits per heavy atom. The number of hydrogen-bond donors (Lipinski definition) is 0. The van der Waals surface area contributed by atoms with Crippen LogP contribution in [0.15, 0.2) is 18.2 Å². The average molecular weight is 331 g/mol. The number of unbranched alkanes of at least 4 members (excludes halogenated alkanes) is 2. The summed E-state index contributed by atoms with van der Waals surface area (Å²) in [6.45, 7) is 11.7. The van der Waals surface area contributed by atoms with Gasteiger partial charge in [-0.05, 0) is 47.8 Å². The monoisotopic (exact) mass is 330 g/mol. The number of benzene rings is 1. The molecule has 0 aliphatic heterocycles. The van der Waals surface area contributed by atoms with Crippen molar-refractivity contribution in [3.05, 3.63) is 34.9 Å². The van der Waals surface area contributed by atoms with Crippen molar-refractivity contribution in [2.45, 2.75) is 105 Å².